The van der Waals surface area contributed by atoms with Gasteiger partial charge in [-0.2, -0.15) is 0 Å². The van der Waals surface area contributed by atoms with Gasteiger partial charge >= 0.3 is 0 Å². The van der Waals surface area contributed by atoms with Crippen LogP contribution in [-0.2, 0) is 6.42 Å². The maximum atomic E-state index is 5.39. The molecule has 0 aromatic heterocycles. The Kier molecular flexibility index (Phi) is 4.96. The van der Waals surface area contributed by atoms with Crippen molar-refractivity contribution in [1.29, 1.82) is 0 Å². The molecule has 23 heavy (non-hydrogen) atoms. The van der Waals surface area contributed by atoms with Crippen LogP contribution >= 0.6 is 0 Å². The molecule has 3 nitrogen and oxygen atoms in total. The first kappa shape index (κ1) is 15.6. The number of hydrogen-bond donors (Lipinski definition) is 1. The highest BCUT2D eigenvalue weighted by Crippen LogP contribution is 2.30. The highest BCUT2D eigenvalue weighted by Gasteiger charge is 2.20. The van der Waals surface area contributed by atoms with E-state index in [2.05, 4.69) is 54.7 Å². The molecule has 0 fully saturated rings. The first-order chi connectivity index (χ1) is 11.3. The maximum Gasteiger partial charge on any atom is 0.129 e. The molecular weight excluding hydrogens is 284 g/mol. The standard InChI is InChI=1S/C20H24N2O/c1-3-13-21-20-18-11-10-17(23-2)14-16(18)9-12-19(22-20)15-7-5-4-6-8-15/h4-8,10-11,14,19H,3,9,12-13H2,1-2H3,(H,21,22). The van der Waals surface area contributed by atoms with Gasteiger partial charge in [0.05, 0.1) is 13.2 Å². The first-order valence-electron chi connectivity index (χ1n) is 8.35. The smallest absolute Gasteiger partial charge is 0.129 e. The molecule has 1 aliphatic rings. The van der Waals surface area contributed by atoms with Crippen molar-refractivity contribution in [2.24, 2.45) is 4.99 Å². The average Bonchev–Trinajstić information content (AvgIpc) is 2.79. The van der Waals surface area contributed by atoms with Crippen molar-refractivity contribution in [3.63, 3.8) is 0 Å². The van der Waals surface area contributed by atoms with Gasteiger partial charge < -0.3 is 10.1 Å². The Bertz CT molecular complexity index is 679. The molecule has 0 radical (unpaired) electrons. The summed E-state index contributed by atoms with van der Waals surface area (Å²) in [6.07, 6.45) is 3.11. The van der Waals surface area contributed by atoms with E-state index in [1.807, 2.05) is 6.07 Å². The van der Waals surface area contributed by atoms with Crippen molar-refractivity contribution in [3.8, 4) is 5.75 Å². The van der Waals surface area contributed by atoms with Gasteiger partial charge in [-0.1, -0.05) is 37.3 Å². The van der Waals surface area contributed by atoms with Crippen LogP contribution in [0.1, 0.15) is 42.5 Å². The Balaban J connectivity index is 1.98. The fraction of sp³-hybridized carbons (Fsp3) is 0.350. The van der Waals surface area contributed by atoms with Crippen LogP contribution in [0.4, 0.5) is 0 Å². The minimum Gasteiger partial charge on any atom is -0.497 e. The quantitative estimate of drug-likeness (QED) is 0.921. The third-order valence-electron chi connectivity index (χ3n) is 4.27. The lowest BCUT2D eigenvalue weighted by atomic mass is 9.98. The van der Waals surface area contributed by atoms with Gasteiger partial charge in [0, 0.05) is 12.1 Å². The van der Waals surface area contributed by atoms with Crippen LogP contribution in [0.25, 0.3) is 0 Å². The Labute approximate surface area is 138 Å². The summed E-state index contributed by atoms with van der Waals surface area (Å²) < 4.78 is 5.39. The van der Waals surface area contributed by atoms with E-state index >= 15 is 0 Å². The third-order valence-corrected chi connectivity index (χ3v) is 4.27. The van der Waals surface area contributed by atoms with Gasteiger partial charge in [-0.25, -0.2) is 0 Å². The Morgan fingerprint density at radius 1 is 1.17 bits per heavy atom. The Morgan fingerprint density at radius 3 is 2.74 bits per heavy atom. The SMILES string of the molecule is CCCNC1=NC(c2ccccc2)CCc2cc(OC)ccc21. The molecule has 1 N–H and O–H groups in total. The summed E-state index contributed by atoms with van der Waals surface area (Å²) >= 11 is 0. The molecule has 0 bridgehead atoms. The van der Waals surface area contributed by atoms with Gasteiger partial charge in [0.2, 0.25) is 0 Å². The molecular formula is C20H24N2O. The molecule has 0 aliphatic carbocycles. The van der Waals surface area contributed by atoms with Gasteiger partial charge in [-0.15, -0.1) is 0 Å². The van der Waals surface area contributed by atoms with Crippen LogP contribution in [0.5, 0.6) is 5.75 Å². The van der Waals surface area contributed by atoms with Crippen molar-refractivity contribution in [3.05, 3.63) is 65.2 Å². The minimum atomic E-state index is 0.203. The van der Waals surface area contributed by atoms with Crippen molar-refractivity contribution in [1.82, 2.24) is 5.32 Å². The van der Waals surface area contributed by atoms with E-state index in [1.165, 1.54) is 16.7 Å². The number of hydrogen-bond acceptors (Lipinski definition) is 3. The number of nitrogens with zero attached hydrogens (tertiary/aromatic N) is 1. The van der Waals surface area contributed by atoms with Crippen LogP contribution in [0.3, 0.4) is 0 Å². The van der Waals surface area contributed by atoms with E-state index in [0.717, 1.165) is 37.4 Å². The van der Waals surface area contributed by atoms with Crippen molar-refractivity contribution in [2.45, 2.75) is 32.2 Å². The molecule has 0 saturated carbocycles. The largest absolute Gasteiger partial charge is 0.497 e. The van der Waals surface area contributed by atoms with Crippen LogP contribution in [0.15, 0.2) is 53.5 Å². The van der Waals surface area contributed by atoms with Gasteiger partial charge in [-0.05, 0) is 48.6 Å². The fourth-order valence-corrected chi connectivity index (χ4v) is 3.02. The highest BCUT2D eigenvalue weighted by atomic mass is 16.5. The second-order valence-corrected chi connectivity index (χ2v) is 5.89. The van der Waals surface area contributed by atoms with Crippen LogP contribution < -0.4 is 10.1 Å². The molecule has 0 spiro atoms. The zero-order valence-electron chi connectivity index (χ0n) is 13.9. The average molecular weight is 308 g/mol. The lowest BCUT2D eigenvalue weighted by Crippen LogP contribution is -2.26. The second kappa shape index (κ2) is 7.32. The molecule has 2 aromatic rings. The lowest BCUT2D eigenvalue weighted by molar-refractivity contribution is 0.414. The number of rotatable bonds is 4. The monoisotopic (exact) mass is 308 g/mol. The first-order valence-corrected chi connectivity index (χ1v) is 8.35. The van der Waals surface area contributed by atoms with E-state index in [0.29, 0.717) is 0 Å². The number of fused-ring (bicyclic) bond motifs is 1. The van der Waals surface area contributed by atoms with Gasteiger partial charge in [0.1, 0.15) is 11.6 Å². The Morgan fingerprint density at radius 2 is 2.00 bits per heavy atom. The second-order valence-electron chi connectivity index (χ2n) is 5.89. The van der Waals surface area contributed by atoms with Gasteiger partial charge in [0.25, 0.3) is 0 Å². The molecule has 1 atom stereocenters. The summed E-state index contributed by atoms with van der Waals surface area (Å²) in [4.78, 5) is 5.04. The van der Waals surface area contributed by atoms with E-state index < -0.39 is 0 Å². The molecule has 1 aliphatic heterocycles. The van der Waals surface area contributed by atoms with Gasteiger partial charge in [-0.3, -0.25) is 4.99 Å². The summed E-state index contributed by atoms with van der Waals surface area (Å²) in [6.45, 7) is 3.11. The van der Waals surface area contributed by atoms with Crippen LogP contribution in [0, 0.1) is 0 Å². The van der Waals surface area contributed by atoms with Crippen molar-refractivity contribution < 1.29 is 4.74 Å². The molecule has 3 rings (SSSR count). The molecule has 0 amide bonds. The molecule has 3 heteroatoms. The number of ether oxygens (including phenoxy) is 1. The summed E-state index contributed by atoms with van der Waals surface area (Å²) in [5, 5.41) is 3.51. The summed E-state index contributed by atoms with van der Waals surface area (Å²) in [7, 11) is 1.72. The number of nitrogens with one attached hydrogen (secondary N) is 1. The number of aryl methyl sites for hydroxylation is 1. The van der Waals surface area contributed by atoms with Crippen LogP contribution in [0.2, 0.25) is 0 Å². The van der Waals surface area contributed by atoms with E-state index in [9.17, 15) is 0 Å². The summed E-state index contributed by atoms with van der Waals surface area (Å²) in [5.41, 5.74) is 3.80. The summed E-state index contributed by atoms with van der Waals surface area (Å²) in [5.74, 6) is 1.92. The van der Waals surface area contributed by atoms with Crippen molar-refractivity contribution >= 4 is 5.84 Å². The van der Waals surface area contributed by atoms with Crippen LogP contribution in [-0.4, -0.2) is 19.5 Å². The Hall–Kier alpha value is -2.29. The summed E-state index contributed by atoms with van der Waals surface area (Å²) in [6, 6.07) is 17.1. The van der Waals surface area contributed by atoms with E-state index in [1.54, 1.807) is 7.11 Å². The fourth-order valence-electron chi connectivity index (χ4n) is 3.02. The molecule has 1 heterocycles. The molecule has 1 unspecified atom stereocenters. The normalized spacial score (nSPS) is 17.0. The zero-order valence-corrected chi connectivity index (χ0v) is 13.9. The maximum absolute atomic E-state index is 5.39. The molecule has 2 aromatic carbocycles. The molecule has 120 valence electrons. The number of amidine groups is 1. The predicted octanol–water partition coefficient (Wildman–Crippen LogP) is 4.13. The van der Waals surface area contributed by atoms with E-state index in [4.69, 9.17) is 9.73 Å². The number of aliphatic imine (C=N–C) groups is 1. The topological polar surface area (TPSA) is 33.6 Å². The minimum absolute atomic E-state index is 0.203. The number of benzene rings is 2. The lowest BCUT2D eigenvalue weighted by Gasteiger charge is -2.14. The predicted molar refractivity (Wildman–Crippen MR) is 95.3 cm³/mol. The number of methoxy groups -OCH3 is 1. The molecule has 0 saturated heterocycles. The highest BCUT2D eigenvalue weighted by molar-refractivity contribution is 6.00. The zero-order chi connectivity index (χ0) is 16.1. The van der Waals surface area contributed by atoms with Gasteiger partial charge in [0.15, 0.2) is 0 Å². The van der Waals surface area contributed by atoms with E-state index in [-0.39, 0.29) is 6.04 Å². The van der Waals surface area contributed by atoms with Crippen molar-refractivity contribution in [2.75, 3.05) is 13.7 Å². The third kappa shape index (κ3) is 3.55.